The first-order chi connectivity index (χ1) is 24.7. The Balaban J connectivity index is 1.17. The van der Waals surface area contributed by atoms with E-state index in [-0.39, 0.29) is 23.7 Å². The standard InChI is InChI=1S/C42H49N3O6/c1-29-14-15-35(38(46)24-29)33-12-9-13-34(25-33)37-27-45-40(43-37)31(3)30(2)36(26-39(47)48-5)41(45)44-18-16-42(4,17-19-44)51-23-22-49-20-21-50-28-32-10-7-6-8-11-32/h6-15,24-25,27,46H,16-23,26,28H2,1-5H3. The maximum atomic E-state index is 12.7. The lowest BCUT2D eigenvalue weighted by Crippen LogP contribution is -2.45. The van der Waals surface area contributed by atoms with E-state index in [9.17, 15) is 9.90 Å². The highest BCUT2D eigenvalue weighted by Gasteiger charge is 2.33. The van der Waals surface area contributed by atoms with Crippen molar-refractivity contribution in [3.8, 4) is 28.1 Å². The Labute approximate surface area is 300 Å². The van der Waals surface area contributed by atoms with Gasteiger partial charge in [-0.15, -0.1) is 0 Å². The van der Waals surface area contributed by atoms with E-state index in [1.807, 2.05) is 55.5 Å². The number of ether oxygens (including phenoxy) is 4. The number of hydrogen-bond donors (Lipinski definition) is 1. The number of benzene rings is 3. The number of rotatable bonds is 14. The van der Waals surface area contributed by atoms with Gasteiger partial charge < -0.3 is 29.0 Å². The molecule has 0 bridgehead atoms. The minimum absolute atomic E-state index is 0.167. The van der Waals surface area contributed by atoms with Crippen molar-refractivity contribution in [2.45, 2.75) is 59.2 Å². The first-order valence-electron chi connectivity index (χ1n) is 17.7. The molecule has 1 aliphatic rings. The van der Waals surface area contributed by atoms with E-state index in [1.165, 1.54) is 7.11 Å². The van der Waals surface area contributed by atoms with E-state index in [2.05, 4.69) is 54.5 Å². The van der Waals surface area contributed by atoms with Gasteiger partial charge in [0.1, 0.15) is 17.2 Å². The second kappa shape index (κ2) is 16.1. The Bertz CT molecular complexity index is 1960. The molecule has 5 aromatic rings. The average molecular weight is 692 g/mol. The number of esters is 1. The largest absolute Gasteiger partial charge is 0.507 e. The number of carbonyl (C=O) groups is 1. The molecule has 9 heteroatoms. The van der Waals surface area contributed by atoms with Crippen LogP contribution in [0.2, 0.25) is 0 Å². The van der Waals surface area contributed by atoms with Crippen LogP contribution in [0.15, 0.2) is 79.0 Å². The molecule has 0 saturated carbocycles. The van der Waals surface area contributed by atoms with Crippen LogP contribution in [0, 0.1) is 20.8 Å². The Morgan fingerprint density at radius 2 is 1.59 bits per heavy atom. The lowest BCUT2D eigenvalue weighted by atomic mass is 9.92. The van der Waals surface area contributed by atoms with Gasteiger partial charge in [-0.25, -0.2) is 4.98 Å². The van der Waals surface area contributed by atoms with Crippen LogP contribution in [0.4, 0.5) is 5.82 Å². The number of phenolic OH excluding ortho intramolecular Hbond substituents is 1. The van der Waals surface area contributed by atoms with E-state index >= 15 is 0 Å². The molecule has 0 unspecified atom stereocenters. The van der Waals surface area contributed by atoms with E-state index < -0.39 is 0 Å². The van der Waals surface area contributed by atoms with Gasteiger partial charge in [-0.2, -0.15) is 0 Å². The highest BCUT2D eigenvalue weighted by atomic mass is 16.6. The molecule has 51 heavy (non-hydrogen) atoms. The number of aromatic hydroxyl groups is 1. The number of aromatic nitrogens is 2. The summed E-state index contributed by atoms with van der Waals surface area (Å²) >= 11 is 0. The lowest BCUT2D eigenvalue weighted by Gasteiger charge is -2.41. The first-order valence-corrected chi connectivity index (χ1v) is 17.7. The third-order valence-electron chi connectivity index (χ3n) is 10.0. The zero-order chi connectivity index (χ0) is 36.0. The summed E-state index contributed by atoms with van der Waals surface area (Å²) in [6.07, 6.45) is 3.88. The summed E-state index contributed by atoms with van der Waals surface area (Å²) in [7, 11) is 1.43. The second-order valence-corrected chi connectivity index (χ2v) is 13.7. The molecule has 3 aromatic carbocycles. The molecule has 3 heterocycles. The molecule has 9 nitrogen and oxygen atoms in total. The molecule has 2 aromatic heterocycles. The highest BCUT2D eigenvalue weighted by Crippen LogP contribution is 2.37. The van der Waals surface area contributed by atoms with Gasteiger partial charge in [-0.1, -0.05) is 60.7 Å². The zero-order valence-corrected chi connectivity index (χ0v) is 30.4. The SMILES string of the molecule is COC(=O)Cc1c(C)c(C)c2nc(-c3cccc(-c4ccc(C)cc4O)c3)cn2c1N1CCC(C)(OCCOCCOCc2ccccc2)CC1. The van der Waals surface area contributed by atoms with Gasteiger partial charge >= 0.3 is 5.97 Å². The molecular formula is C42H49N3O6. The van der Waals surface area contributed by atoms with Gasteiger partial charge in [0.2, 0.25) is 0 Å². The number of aryl methyl sites for hydroxylation is 2. The van der Waals surface area contributed by atoms with Crippen LogP contribution >= 0.6 is 0 Å². The minimum Gasteiger partial charge on any atom is -0.507 e. The topological polar surface area (TPSA) is 94.8 Å². The van der Waals surface area contributed by atoms with Crippen LogP contribution in [-0.4, -0.2) is 72.7 Å². The summed E-state index contributed by atoms with van der Waals surface area (Å²) in [6.45, 7) is 12.4. The number of fused-ring (bicyclic) bond motifs is 1. The highest BCUT2D eigenvalue weighted by molar-refractivity contribution is 5.80. The maximum absolute atomic E-state index is 12.7. The molecule has 0 amide bonds. The number of imidazole rings is 1. The van der Waals surface area contributed by atoms with Crippen molar-refractivity contribution >= 4 is 17.4 Å². The normalized spacial score (nSPS) is 14.3. The molecular weight excluding hydrogens is 642 g/mol. The van der Waals surface area contributed by atoms with Crippen molar-refractivity contribution in [3.63, 3.8) is 0 Å². The molecule has 1 N–H and O–H groups in total. The molecule has 6 rings (SSSR count). The third kappa shape index (κ3) is 8.44. The van der Waals surface area contributed by atoms with Gasteiger partial charge in [-0.3, -0.25) is 9.20 Å². The van der Waals surface area contributed by atoms with Crippen LogP contribution in [0.3, 0.4) is 0 Å². The molecule has 0 radical (unpaired) electrons. The number of carbonyl (C=O) groups excluding carboxylic acids is 1. The van der Waals surface area contributed by atoms with Gasteiger partial charge in [0.15, 0.2) is 0 Å². The molecule has 1 saturated heterocycles. The molecule has 0 spiro atoms. The van der Waals surface area contributed by atoms with Crippen LogP contribution in [0.1, 0.15) is 47.6 Å². The van der Waals surface area contributed by atoms with Crippen LogP contribution in [0.5, 0.6) is 5.75 Å². The average Bonchev–Trinajstić information content (AvgIpc) is 3.58. The number of nitrogens with zero attached hydrogens (tertiary/aromatic N) is 3. The van der Waals surface area contributed by atoms with Crippen LogP contribution < -0.4 is 4.90 Å². The summed E-state index contributed by atoms with van der Waals surface area (Å²) in [5.41, 5.74) is 9.17. The van der Waals surface area contributed by atoms with Crippen LogP contribution in [0.25, 0.3) is 28.0 Å². The zero-order valence-electron chi connectivity index (χ0n) is 30.4. The Morgan fingerprint density at radius 1 is 0.863 bits per heavy atom. The Morgan fingerprint density at radius 3 is 2.33 bits per heavy atom. The van der Waals surface area contributed by atoms with E-state index in [0.717, 1.165) is 87.6 Å². The van der Waals surface area contributed by atoms with Gasteiger partial charge in [0, 0.05) is 36.0 Å². The minimum atomic E-state index is -0.285. The van der Waals surface area contributed by atoms with Gasteiger partial charge in [0.25, 0.3) is 0 Å². The van der Waals surface area contributed by atoms with Crippen molar-refractivity contribution in [1.29, 1.82) is 0 Å². The van der Waals surface area contributed by atoms with E-state index in [1.54, 1.807) is 6.07 Å². The van der Waals surface area contributed by atoms with Crippen LogP contribution in [-0.2, 0) is 36.8 Å². The summed E-state index contributed by atoms with van der Waals surface area (Å²) in [6, 6.07) is 23.9. The number of pyridine rings is 1. The molecule has 268 valence electrons. The maximum Gasteiger partial charge on any atom is 0.310 e. The quantitative estimate of drug-likeness (QED) is 0.0939. The van der Waals surface area contributed by atoms with Crippen molar-refractivity contribution < 1.29 is 28.8 Å². The third-order valence-corrected chi connectivity index (χ3v) is 10.0. The smallest absolute Gasteiger partial charge is 0.310 e. The number of anilines is 1. The molecule has 1 aliphatic heterocycles. The fourth-order valence-electron chi connectivity index (χ4n) is 6.82. The monoisotopic (exact) mass is 691 g/mol. The van der Waals surface area contributed by atoms with Crippen molar-refractivity contribution in [2.24, 2.45) is 0 Å². The summed E-state index contributed by atoms with van der Waals surface area (Å²) in [4.78, 5) is 20.2. The predicted molar refractivity (Wildman–Crippen MR) is 200 cm³/mol. The van der Waals surface area contributed by atoms with Crippen molar-refractivity contribution in [2.75, 3.05) is 51.5 Å². The summed E-state index contributed by atoms with van der Waals surface area (Å²) in [5, 5.41) is 10.7. The molecule has 0 atom stereocenters. The van der Waals surface area contributed by atoms with Gasteiger partial charge in [-0.05, 0) is 80.5 Å². The number of hydrogen-bond acceptors (Lipinski definition) is 8. The molecule has 0 aliphatic carbocycles. The Hall–Kier alpha value is -4.70. The number of piperidine rings is 1. The van der Waals surface area contributed by atoms with E-state index in [0.29, 0.717) is 33.0 Å². The molecule has 1 fully saturated rings. The summed E-state index contributed by atoms with van der Waals surface area (Å²) in [5.74, 6) is 0.936. The fourth-order valence-corrected chi connectivity index (χ4v) is 6.82. The first kappa shape index (κ1) is 36.1. The predicted octanol–water partition coefficient (Wildman–Crippen LogP) is 7.62. The van der Waals surface area contributed by atoms with E-state index in [4.69, 9.17) is 23.9 Å². The van der Waals surface area contributed by atoms with Gasteiger partial charge in [0.05, 0.1) is 57.9 Å². The van der Waals surface area contributed by atoms with Crippen molar-refractivity contribution in [3.05, 3.63) is 107 Å². The fraction of sp³-hybridized carbons (Fsp3) is 0.381. The van der Waals surface area contributed by atoms with Crippen molar-refractivity contribution in [1.82, 2.24) is 9.38 Å². The number of methoxy groups -OCH3 is 1. The lowest BCUT2D eigenvalue weighted by molar-refractivity contribution is -0.139. The Kier molecular flexibility index (Phi) is 11.4. The summed E-state index contributed by atoms with van der Waals surface area (Å²) < 4.78 is 25.2. The second-order valence-electron chi connectivity index (χ2n) is 13.7. The number of phenols is 1.